The zero-order valence-electron chi connectivity index (χ0n) is 15.5. The summed E-state index contributed by atoms with van der Waals surface area (Å²) < 4.78 is 5.64. The van der Waals surface area contributed by atoms with E-state index >= 15 is 0 Å². The summed E-state index contributed by atoms with van der Waals surface area (Å²) in [5, 5.41) is 3.32. The van der Waals surface area contributed by atoms with Crippen LogP contribution in [-0.4, -0.2) is 36.4 Å². The minimum Gasteiger partial charge on any atom is -0.483 e. The minimum atomic E-state index is -0.382. The Morgan fingerprint density at radius 1 is 1.11 bits per heavy atom. The predicted molar refractivity (Wildman–Crippen MR) is 109 cm³/mol. The highest BCUT2D eigenvalue weighted by molar-refractivity contribution is 6.39. The van der Waals surface area contributed by atoms with Crippen molar-refractivity contribution in [3.05, 3.63) is 57.6 Å². The Hall–Kier alpha value is -2.24. The van der Waals surface area contributed by atoms with Gasteiger partial charge in [0, 0.05) is 6.54 Å². The van der Waals surface area contributed by atoms with E-state index in [1.54, 1.807) is 25.1 Å². The molecule has 0 spiro atoms. The van der Waals surface area contributed by atoms with Crippen molar-refractivity contribution in [1.29, 1.82) is 0 Å². The normalized spacial score (nSPS) is 10.4. The third-order valence-corrected chi connectivity index (χ3v) is 4.62. The highest BCUT2D eigenvalue weighted by Gasteiger charge is 2.18. The molecule has 2 amide bonds. The number of rotatable bonds is 7. The topological polar surface area (TPSA) is 58.6 Å². The first kappa shape index (κ1) is 21.1. The van der Waals surface area contributed by atoms with Crippen LogP contribution in [-0.2, 0) is 9.59 Å². The molecule has 0 aliphatic rings. The molecule has 0 aliphatic heterocycles. The zero-order valence-corrected chi connectivity index (χ0v) is 17.0. The van der Waals surface area contributed by atoms with E-state index in [0.717, 1.165) is 11.1 Å². The van der Waals surface area contributed by atoms with Crippen LogP contribution >= 0.6 is 23.2 Å². The van der Waals surface area contributed by atoms with E-state index < -0.39 is 0 Å². The maximum absolute atomic E-state index is 12.4. The van der Waals surface area contributed by atoms with E-state index in [1.165, 1.54) is 4.90 Å². The van der Waals surface area contributed by atoms with Crippen LogP contribution in [0.2, 0.25) is 10.0 Å². The summed E-state index contributed by atoms with van der Waals surface area (Å²) in [7, 11) is 0. The van der Waals surface area contributed by atoms with Crippen LogP contribution in [0.25, 0.3) is 0 Å². The van der Waals surface area contributed by atoms with Crippen LogP contribution in [0.4, 0.5) is 5.69 Å². The SMILES string of the molecule is CCN(CC(=O)Nc1c(Cl)cccc1Cl)C(=O)COc1cc(C)ccc1C. The highest BCUT2D eigenvalue weighted by Crippen LogP contribution is 2.29. The fraction of sp³-hybridized carbons (Fsp3) is 0.300. The number of benzene rings is 2. The van der Waals surface area contributed by atoms with Crippen molar-refractivity contribution in [3.63, 3.8) is 0 Å². The van der Waals surface area contributed by atoms with Gasteiger partial charge >= 0.3 is 0 Å². The van der Waals surface area contributed by atoms with E-state index in [-0.39, 0.29) is 25.0 Å². The minimum absolute atomic E-state index is 0.118. The molecule has 0 saturated carbocycles. The molecule has 0 aliphatic carbocycles. The first-order valence-electron chi connectivity index (χ1n) is 8.53. The number of nitrogens with zero attached hydrogens (tertiary/aromatic N) is 1. The quantitative estimate of drug-likeness (QED) is 0.734. The van der Waals surface area contributed by atoms with Crippen LogP contribution in [0.5, 0.6) is 5.75 Å². The Labute approximate surface area is 169 Å². The number of amides is 2. The van der Waals surface area contributed by atoms with E-state index in [0.29, 0.717) is 28.0 Å². The number of anilines is 1. The lowest BCUT2D eigenvalue weighted by Crippen LogP contribution is -2.40. The summed E-state index contributed by atoms with van der Waals surface area (Å²) in [4.78, 5) is 26.1. The molecule has 144 valence electrons. The molecule has 0 bridgehead atoms. The maximum atomic E-state index is 12.4. The number of carbonyl (C=O) groups is 2. The van der Waals surface area contributed by atoms with Crippen molar-refractivity contribution in [2.24, 2.45) is 0 Å². The number of likely N-dealkylation sites (N-methyl/N-ethyl adjacent to an activating group) is 1. The molecule has 0 aromatic heterocycles. The van der Waals surface area contributed by atoms with E-state index in [2.05, 4.69) is 5.32 Å². The van der Waals surface area contributed by atoms with Gasteiger partial charge in [-0.3, -0.25) is 9.59 Å². The number of halogens is 2. The highest BCUT2D eigenvalue weighted by atomic mass is 35.5. The Kier molecular flexibility index (Phi) is 7.51. The van der Waals surface area contributed by atoms with Gasteiger partial charge in [0.2, 0.25) is 5.91 Å². The zero-order chi connectivity index (χ0) is 20.0. The second-order valence-electron chi connectivity index (χ2n) is 6.11. The molecule has 0 saturated heterocycles. The van der Waals surface area contributed by atoms with Crippen molar-refractivity contribution >= 4 is 40.7 Å². The van der Waals surface area contributed by atoms with Crippen LogP contribution in [0.3, 0.4) is 0 Å². The molecule has 7 heteroatoms. The van der Waals surface area contributed by atoms with Crippen molar-refractivity contribution in [3.8, 4) is 5.75 Å². The molecule has 0 radical (unpaired) electrons. The van der Waals surface area contributed by atoms with Gasteiger partial charge in [-0.15, -0.1) is 0 Å². The molecular weight excluding hydrogens is 387 g/mol. The molecule has 2 aromatic carbocycles. The standard InChI is InChI=1S/C20H22Cl2N2O3/c1-4-24(11-18(25)23-20-15(21)6-5-7-16(20)22)19(26)12-27-17-10-13(2)8-9-14(17)3/h5-10H,4,11-12H2,1-3H3,(H,23,25). The molecule has 1 N–H and O–H groups in total. The number of para-hydroxylation sites is 1. The van der Waals surface area contributed by atoms with Gasteiger partial charge in [-0.05, 0) is 50.1 Å². The van der Waals surface area contributed by atoms with Crippen LogP contribution < -0.4 is 10.1 Å². The van der Waals surface area contributed by atoms with E-state index in [1.807, 2.05) is 32.0 Å². The molecule has 0 fully saturated rings. The molecular formula is C20H22Cl2N2O3. The number of carbonyl (C=O) groups excluding carboxylic acids is 2. The lowest BCUT2D eigenvalue weighted by molar-refractivity contribution is -0.136. The molecule has 2 rings (SSSR count). The second-order valence-corrected chi connectivity index (χ2v) is 6.92. The summed E-state index contributed by atoms with van der Waals surface area (Å²) >= 11 is 12.1. The third-order valence-electron chi connectivity index (χ3n) is 3.99. The number of hydrogen-bond acceptors (Lipinski definition) is 3. The number of ether oxygens (including phenoxy) is 1. The van der Waals surface area contributed by atoms with Crippen molar-refractivity contribution in [2.75, 3.05) is 25.0 Å². The third kappa shape index (κ3) is 5.88. The van der Waals surface area contributed by atoms with Crippen molar-refractivity contribution in [2.45, 2.75) is 20.8 Å². The average molecular weight is 409 g/mol. The Morgan fingerprint density at radius 3 is 2.41 bits per heavy atom. The smallest absolute Gasteiger partial charge is 0.260 e. The summed E-state index contributed by atoms with van der Waals surface area (Å²) in [6, 6.07) is 10.7. The van der Waals surface area contributed by atoms with Gasteiger partial charge in [0.1, 0.15) is 5.75 Å². The second kappa shape index (κ2) is 9.62. The first-order valence-corrected chi connectivity index (χ1v) is 9.29. The lowest BCUT2D eigenvalue weighted by Gasteiger charge is -2.21. The van der Waals surface area contributed by atoms with Crippen molar-refractivity contribution < 1.29 is 14.3 Å². The summed E-state index contributed by atoms with van der Waals surface area (Å²) in [5.41, 5.74) is 2.33. The van der Waals surface area contributed by atoms with Gasteiger partial charge in [0.25, 0.3) is 5.91 Å². The summed E-state index contributed by atoms with van der Waals surface area (Å²) in [5.74, 6) is -0.00236. The Balaban J connectivity index is 1.96. The largest absolute Gasteiger partial charge is 0.483 e. The molecule has 0 atom stereocenters. The van der Waals surface area contributed by atoms with Crippen molar-refractivity contribution in [1.82, 2.24) is 4.90 Å². The lowest BCUT2D eigenvalue weighted by atomic mass is 10.1. The fourth-order valence-corrected chi connectivity index (χ4v) is 2.93. The van der Waals surface area contributed by atoms with E-state index in [9.17, 15) is 9.59 Å². The fourth-order valence-electron chi connectivity index (χ4n) is 2.44. The summed E-state index contributed by atoms with van der Waals surface area (Å²) in [6.07, 6.45) is 0. The first-order chi connectivity index (χ1) is 12.8. The van der Waals surface area contributed by atoms with Gasteiger partial charge in [-0.1, -0.05) is 41.4 Å². The molecule has 5 nitrogen and oxygen atoms in total. The van der Waals surface area contributed by atoms with Gasteiger partial charge in [0.15, 0.2) is 6.61 Å². The van der Waals surface area contributed by atoms with Gasteiger partial charge in [-0.25, -0.2) is 0 Å². The maximum Gasteiger partial charge on any atom is 0.260 e. The van der Waals surface area contributed by atoms with E-state index in [4.69, 9.17) is 27.9 Å². The van der Waals surface area contributed by atoms with Gasteiger partial charge in [0.05, 0.1) is 22.3 Å². The van der Waals surface area contributed by atoms with Gasteiger partial charge in [-0.2, -0.15) is 0 Å². The number of nitrogens with one attached hydrogen (secondary N) is 1. The summed E-state index contributed by atoms with van der Waals surface area (Å²) in [6.45, 7) is 5.78. The molecule has 2 aromatic rings. The molecule has 0 unspecified atom stereocenters. The van der Waals surface area contributed by atoms with Crippen LogP contribution in [0, 0.1) is 13.8 Å². The number of hydrogen-bond donors (Lipinski definition) is 1. The van der Waals surface area contributed by atoms with Crippen LogP contribution in [0.15, 0.2) is 36.4 Å². The molecule has 0 heterocycles. The Bertz CT molecular complexity index is 820. The Morgan fingerprint density at radius 2 is 1.78 bits per heavy atom. The average Bonchev–Trinajstić information content (AvgIpc) is 2.63. The molecule has 27 heavy (non-hydrogen) atoms. The van der Waals surface area contributed by atoms with Crippen LogP contribution in [0.1, 0.15) is 18.1 Å². The monoisotopic (exact) mass is 408 g/mol. The number of aryl methyl sites for hydroxylation is 2. The predicted octanol–water partition coefficient (Wildman–Crippen LogP) is 4.48. The van der Waals surface area contributed by atoms with Gasteiger partial charge < -0.3 is 15.0 Å².